The van der Waals surface area contributed by atoms with Crippen molar-refractivity contribution >= 4 is 5.97 Å². The molecule has 0 N–H and O–H groups in total. The molecule has 92 valence electrons. The van der Waals surface area contributed by atoms with Gasteiger partial charge in [-0.15, -0.1) is 0 Å². The van der Waals surface area contributed by atoms with E-state index in [2.05, 4.69) is 0 Å². The molecule has 4 heteroatoms. The zero-order valence-electron chi connectivity index (χ0n) is 10.3. The van der Waals surface area contributed by atoms with Crippen LogP contribution in [0, 0.1) is 0 Å². The number of benzene rings is 1. The maximum Gasteiger partial charge on any atom is 0.306 e. The van der Waals surface area contributed by atoms with Crippen molar-refractivity contribution in [2.24, 2.45) is 0 Å². The van der Waals surface area contributed by atoms with Gasteiger partial charge in [-0.3, -0.25) is 4.79 Å². The number of hydrogen-bond donors (Lipinski definition) is 0. The smallest absolute Gasteiger partial charge is 0.306 e. The van der Waals surface area contributed by atoms with Gasteiger partial charge in [0.2, 0.25) is 0 Å². The van der Waals surface area contributed by atoms with Crippen LogP contribution >= 0.6 is 0 Å². The third-order valence-corrected chi connectivity index (χ3v) is 3.14. The third-order valence-electron chi connectivity index (χ3n) is 3.14. The molecule has 1 aromatic rings. The Bertz CT molecular complexity index is 441. The van der Waals surface area contributed by atoms with E-state index in [0.29, 0.717) is 24.3 Å². The predicted octanol–water partition coefficient (Wildman–Crippen LogP) is 2.26. The van der Waals surface area contributed by atoms with Crippen LogP contribution < -0.4 is 9.47 Å². The highest BCUT2D eigenvalue weighted by atomic mass is 16.6. The number of methoxy groups -OCH3 is 2. The van der Waals surface area contributed by atoms with Crippen LogP contribution in [0.3, 0.4) is 0 Å². The van der Waals surface area contributed by atoms with Crippen LogP contribution in [0.5, 0.6) is 11.5 Å². The number of rotatable bonds is 3. The lowest BCUT2D eigenvalue weighted by Crippen LogP contribution is -2.20. The zero-order valence-corrected chi connectivity index (χ0v) is 10.3. The Hall–Kier alpha value is -1.71. The minimum absolute atomic E-state index is 0.151. The number of hydrogen-bond acceptors (Lipinski definition) is 4. The van der Waals surface area contributed by atoms with Crippen LogP contribution in [0.2, 0.25) is 0 Å². The highest BCUT2D eigenvalue weighted by Gasteiger charge is 2.37. The van der Waals surface area contributed by atoms with Gasteiger partial charge in [0.1, 0.15) is 5.60 Å². The van der Waals surface area contributed by atoms with E-state index in [4.69, 9.17) is 14.2 Å². The van der Waals surface area contributed by atoms with E-state index < -0.39 is 5.60 Å². The van der Waals surface area contributed by atoms with Crippen LogP contribution in [0.4, 0.5) is 0 Å². The Morgan fingerprint density at radius 3 is 2.47 bits per heavy atom. The van der Waals surface area contributed by atoms with Gasteiger partial charge >= 0.3 is 5.97 Å². The van der Waals surface area contributed by atoms with Crippen molar-refractivity contribution in [2.75, 3.05) is 14.2 Å². The lowest BCUT2D eigenvalue weighted by Gasteiger charge is -2.24. The summed E-state index contributed by atoms with van der Waals surface area (Å²) < 4.78 is 15.8. The van der Waals surface area contributed by atoms with Crippen molar-refractivity contribution in [1.82, 2.24) is 0 Å². The number of esters is 1. The van der Waals surface area contributed by atoms with E-state index >= 15 is 0 Å². The van der Waals surface area contributed by atoms with E-state index in [1.807, 2.05) is 25.1 Å². The molecule has 0 radical (unpaired) electrons. The first-order chi connectivity index (χ1) is 8.09. The summed E-state index contributed by atoms with van der Waals surface area (Å²) in [7, 11) is 3.18. The fourth-order valence-corrected chi connectivity index (χ4v) is 2.06. The van der Waals surface area contributed by atoms with E-state index in [0.717, 1.165) is 5.56 Å². The fourth-order valence-electron chi connectivity index (χ4n) is 2.06. The van der Waals surface area contributed by atoms with Gasteiger partial charge < -0.3 is 14.2 Å². The SMILES string of the molecule is COc1ccc(C2(C)CCC(=O)O2)cc1OC. The van der Waals surface area contributed by atoms with E-state index in [-0.39, 0.29) is 5.97 Å². The number of cyclic esters (lactones) is 1. The Labute approximate surface area is 100 Å². The van der Waals surface area contributed by atoms with Gasteiger partial charge in [0.05, 0.1) is 14.2 Å². The van der Waals surface area contributed by atoms with Crippen molar-refractivity contribution in [3.63, 3.8) is 0 Å². The molecule has 0 aliphatic carbocycles. The van der Waals surface area contributed by atoms with Gasteiger partial charge in [-0.1, -0.05) is 6.07 Å². The molecule has 4 nitrogen and oxygen atoms in total. The lowest BCUT2D eigenvalue weighted by molar-refractivity contribution is -0.147. The summed E-state index contributed by atoms with van der Waals surface area (Å²) >= 11 is 0. The average molecular weight is 236 g/mol. The highest BCUT2D eigenvalue weighted by molar-refractivity contribution is 5.72. The molecule has 1 aliphatic rings. The second-order valence-corrected chi connectivity index (χ2v) is 4.27. The summed E-state index contributed by atoms with van der Waals surface area (Å²) in [6.45, 7) is 1.92. The van der Waals surface area contributed by atoms with E-state index in [9.17, 15) is 4.79 Å². The molecule has 1 heterocycles. The minimum atomic E-state index is -0.545. The molecule has 0 aromatic heterocycles. The second kappa shape index (κ2) is 4.28. The molecule has 0 spiro atoms. The lowest BCUT2D eigenvalue weighted by atomic mass is 9.93. The standard InChI is InChI=1S/C13H16O4/c1-13(7-6-12(14)17-13)9-4-5-10(15-2)11(8-9)16-3/h4-5,8H,6-7H2,1-3H3. The maximum atomic E-state index is 11.2. The highest BCUT2D eigenvalue weighted by Crippen LogP contribution is 2.39. The summed E-state index contributed by atoms with van der Waals surface area (Å²) in [4.78, 5) is 11.2. The van der Waals surface area contributed by atoms with Gasteiger partial charge in [0.25, 0.3) is 0 Å². The Morgan fingerprint density at radius 2 is 1.94 bits per heavy atom. The zero-order chi connectivity index (χ0) is 12.5. The molecule has 0 saturated carbocycles. The van der Waals surface area contributed by atoms with Crippen molar-refractivity contribution in [3.8, 4) is 11.5 Å². The van der Waals surface area contributed by atoms with Crippen molar-refractivity contribution in [2.45, 2.75) is 25.4 Å². The molecule has 17 heavy (non-hydrogen) atoms. The van der Waals surface area contributed by atoms with E-state index in [1.165, 1.54) is 0 Å². The summed E-state index contributed by atoms with van der Waals surface area (Å²) in [5.74, 6) is 1.17. The molecular formula is C13H16O4. The fraction of sp³-hybridized carbons (Fsp3) is 0.462. The van der Waals surface area contributed by atoms with Gasteiger partial charge in [-0.05, 0) is 24.6 Å². The molecule has 1 aromatic carbocycles. The summed E-state index contributed by atoms with van der Waals surface area (Å²) in [5, 5.41) is 0. The quantitative estimate of drug-likeness (QED) is 0.755. The molecule has 1 saturated heterocycles. The first kappa shape index (κ1) is 11.8. The number of ether oxygens (including phenoxy) is 3. The molecule has 0 bridgehead atoms. The largest absolute Gasteiger partial charge is 0.493 e. The van der Waals surface area contributed by atoms with Crippen molar-refractivity contribution in [1.29, 1.82) is 0 Å². The molecule has 1 fully saturated rings. The van der Waals surface area contributed by atoms with Crippen molar-refractivity contribution < 1.29 is 19.0 Å². The van der Waals surface area contributed by atoms with Gasteiger partial charge in [-0.2, -0.15) is 0 Å². The van der Waals surface area contributed by atoms with Gasteiger partial charge in [0.15, 0.2) is 11.5 Å². The molecule has 0 amide bonds. The van der Waals surface area contributed by atoms with Crippen molar-refractivity contribution in [3.05, 3.63) is 23.8 Å². The average Bonchev–Trinajstić information content (AvgIpc) is 2.69. The van der Waals surface area contributed by atoms with Crippen LogP contribution in [-0.4, -0.2) is 20.2 Å². The van der Waals surface area contributed by atoms with E-state index in [1.54, 1.807) is 14.2 Å². The van der Waals surface area contributed by atoms with Gasteiger partial charge in [-0.25, -0.2) is 0 Å². The topological polar surface area (TPSA) is 44.8 Å². The van der Waals surface area contributed by atoms with Crippen LogP contribution in [-0.2, 0) is 15.1 Å². The number of carbonyl (C=O) groups is 1. The van der Waals surface area contributed by atoms with Crippen LogP contribution in [0.1, 0.15) is 25.3 Å². The number of carbonyl (C=O) groups excluding carboxylic acids is 1. The monoisotopic (exact) mass is 236 g/mol. The molecule has 1 aliphatic heterocycles. The molecule has 1 atom stereocenters. The maximum absolute atomic E-state index is 11.2. The Balaban J connectivity index is 2.36. The van der Waals surface area contributed by atoms with Crippen LogP contribution in [0.15, 0.2) is 18.2 Å². The normalized spacial score (nSPS) is 23.4. The molecule has 2 rings (SSSR count). The third kappa shape index (κ3) is 2.07. The van der Waals surface area contributed by atoms with Gasteiger partial charge in [0, 0.05) is 12.8 Å². The minimum Gasteiger partial charge on any atom is -0.493 e. The molecule has 1 unspecified atom stereocenters. The summed E-state index contributed by atoms with van der Waals surface area (Å²) in [6, 6.07) is 5.59. The Kier molecular flexibility index (Phi) is 2.96. The molecular weight excluding hydrogens is 220 g/mol. The summed E-state index contributed by atoms with van der Waals surface area (Å²) in [6.07, 6.45) is 1.16. The first-order valence-electron chi connectivity index (χ1n) is 5.53. The first-order valence-corrected chi connectivity index (χ1v) is 5.53. The van der Waals surface area contributed by atoms with Crippen LogP contribution in [0.25, 0.3) is 0 Å². The summed E-state index contributed by atoms with van der Waals surface area (Å²) in [5.41, 5.74) is 0.386. The Morgan fingerprint density at radius 1 is 1.24 bits per heavy atom. The predicted molar refractivity (Wildman–Crippen MR) is 62.2 cm³/mol. The second-order valence-electron chi connectivity index (χ2n) is 4.27.